The van der Waals surface area contributed by atoms with Crippen molar-refractivity contribution in [3.63, 3.8) is 0 Å². The summed E-state index contributed by atoms with van der Waals surface area (Å²) in [4.78, 5) is 16.5. The second-order valence-electron chi connectivity index (χ2n) is 6.69. The van der Waals surface area contributed by atoms with Gasteiger partial charge in [-0.1, -0.05) is 11.6 Å². The number of carbonyl (C=O) groups excluding carboxylic acids is 1. The van der Waals surface area contributed by atoms with E-state index in [1.165, 1.54) is 12.8 Å². The van der Waals surface area contributed by atoms with Crippen molar-refractivity contribution in [2.45, 2.75) is 19.4 Å². The van der Waals surface area contributed by atoms with Crippen LogP contribution >= 0.6 is 11.6 Å². The summed E-state index contributed by atoms with van der Waals surface area (Å²) in [6.45, 7) is 5.58. The van der Waals surface area contributed by atoms with Gasteiger partial charge in [-0.05, 0) is 43.5 Å². The Labute approximate surface area is 148 Å². The van der Waals surface area contributed by atoms with Gasteiger partial charge < -0.3 is 15.0 Å². The number of piperazine rings is 1. The number of rotatable bonds is 7. The van der Waals surface area contributed by atoms with Gasteiger partial charge in [-0.2, -0.15) is 0 Å². The van der Waals surface area contributed by atoms with E-state index in [0.29, 0.717) is 6.54 Å². The van der Waals surface area contributed by atoms with E-state index < -0.39 is 0 Å². The Morgan fingerprint density at radius 1 is 1.29 bits per heavy atom. The van der Waals surface area contributed by atoms with Crippen LogP contribution in [0.15, 0.2) is 18.2 Å². The van der Waals surface area contributed by atoms with Gasteiger partial charge in [0.15, 0.2) is 0 Å². The van der Waals surface area contributed by atoms with Crippen molar-refractivity contribution in [3.8, 4) is 5.75 Å². The van der Waals surface area contributed by atoms with E-state index in [9.17, 15) is 4.79 Å². The molecule has 24 heavy (non-hydrogen) atoms. The van der Waals surface area contributed by atoms with E-state index in [2.05, 4.69) is 10.2 Å². The highest BCUT2D eigenvalue weighted by Crippen LogP contribution is 2.27. The van der Waals surface area contributed by atoms with Crippen LogP contribution in [-0.2, 0) is 11.3 Å². The standard InChI is InChI=1S/C18H26ClN3O2/c1-24-17-5-4-16(19)10-15(17)13-21-6-8-22(9-7-21)18(23)12-20-11-14-2-3-14/h4-5,10,14,20H,2-3,6-9,11-13H2,1H3. The van der Waals surface area contributed by atoms with Crippen molar-refractivity contribution in [2.75, 3.05) is 46.4 Å². The molecule has 1 aliphatic carbocycles. The molecule has 6 heteroatoms. The van der Waals surface area contributed by atoms with Crippen molar-refractivity contribution in [1.82, 2.24) is 15.1 Å². The fourth-order valence-electron chi connectivity index (χ4n) is 3.08. The number of ether oxygens (including phenoxy) is 1. The first kappa shape index (κ1) is 17.5. The Bertz CT molecular complexity index is 569. The van der Waals surface area contributed by atoms with Gasteiger partial charge in [-0.3, -0.25) is 9.69 Å². The van der Waals surface area contributed by atoms with Crippen LogP contribution < -0.4 is 10.1 Å². The van der Waals surface area contributed by atoms with Crippen LogP contribution in [0.4, 0.5) is 0 Å². The van der Waals surface area contributed by atoms with Crippen molar-refractivity contribution in [2.24, 2.45) is 5.92 Å². The number of nitrogens with one attached hydrogen (secondary N) is 1. The topological polar surface area (TPSA) is 44.8 Å². The SMILES string of the molecule is COc1ccc(Cl)cc1CN1CCN(C(=O)CNCC2CC2)CC1. The molecule has 1 aromatic carbocycles. The zero-order chi connectivity index (χ0) is 16.9. The molecule has 1 heterocycles. The summed E-state index contributed by atoms with van der Waals surface area (Å²) < 4.78 is 5.41. The average molecular weight is 352 g/mol. The van der Waals surface area contributed by atoms with Gasteiger partial charge in [0, 0.05) is 43.3 Å². The number of methoxy groups -OCH3 is 1. The summed E-state index contributed by atoms with van der Waals surface area (Å²) in [6, 6.07) is 5.71. The highest BCUT2D eigenvalue weighted by atomic mass is 35.5. The molecule has 3 rings (SSSR count). The molecular formula is C18H26ClN3O2. The Morgan fingerprint density at radius 2 is 2.04 bits per heavy atom. The Balaban J connectivity index is 1.44. The molecular weight excluding hydrogens is 326 g/mol. The predicted molar refractivity (Wildman–Crippen MR) is 95.5 cm³/mol. The van der Waals surface area contributed by atoms with E-state index >= 15 is 0 Å². The minimum Gasteiger partial charge on any atom is -0.496 e. The molecule has 2 aliphatic rings. The highest BCUT2D eigenvalue weighted by Gasteiger charge is 2.23. The smallest absolute Gasteiger partial charge is 0.236 e. The van der Waals surface area contributed by atoms with Crippen LogP contribution in [-0.4, -0.2) is 62.1 Å². The zero-order valence-electron chi connectivity index (χ0n) is 14.3. The van der Waals surface area contributed by atoms with Crippen LogP contribution in [0.1, 0.15) is 18.4 Å². The lowest BCUT2D eigenvalue weighted by Gasteiger charge is -2.35. The second-order valence-corrected chi connectivity index (χ2v) is 7.12. The number of hydrogen-bond donors (Lipinski definition) is 1. The van der Waals surface area contributed by atoms with Crippen molar-refractivity contribution in [3.05, 3.63) is 28.8 Å². The third-order valence-corrected chi connectivity index (χ3v) is 5.00. The van der Waals surface area contributed by atoms with E-state index in [0.717, 1.165) is 61.5 Å². The minimum absolute atomic E-state index is 0.218. The summed E-state index contributed by atoms with van der Waals surface area (Å²) in [6.07, 6.45) is 2.62. The summed E-state index contributed by atoms with van der Waals surface area (Å²) in [5.41, 5.74) is 1.09. The van der Waals surface area contributed by atoms with Crippen molar-refractivity contribution in [1.29, 1.82) is 0 Å². The monoisotopic (exact) mass is 351 g/mol. The Hall–Kier alpha value is -1.30. The first-order valence-electron chi connectivity index (χ1n) is 8.69. The third-order valence-electron chi connectivity index (χ3n) is 4.77. The van der Waals surface area contributed by atoms with Gasteiger partial charge in [0.25, 0.3) is 0 Å². The first-order valence-corrected chi connectivity index (χ1v) is 9.07. The number of carbonyl (C=O) groups is 1. The lowest BCUT2D eigenvalue weighted by molar-refractivity contribution is -0.132. The molecule has 2 fully saturated rings. The fraction of sp³-hybridized carbons (Fsp3) is 0.611. The van der Waals surface area contributed by atoms with Gasteiger partial charge in [0.2, 0.25) is 5.91 Å². The van der Waals surface area contributed by atoms with E-state index in [-0.39, 0.29) is 5.91 Å². The average Bonchev–Trinajstić information content (AvgIpc) is 3.40. The molecule has 0 spiro atoms. The van der Waals surface area contributed by atoms with Crippen LogP contribution in [0.25, 0.3) is 0 Å². The highest BCUT2D eigenvalue weighted by molar-refractivity contribution is 6.30. The summed E-state index contributed by atoms with van der Waals surface area (Å²) in [7, 11) is 1.68. The van der Waals surface area contributed by atoms with Crippen molar-refractivity contribution < 1.29 is 9.53 Å². The second kappa shape index (κ2) is 8.19. The molecule has 1 N–H and O–H groups in total. The van der Waals surface area contributed by atoms with Gasteiger partial charge >= 0.3 is 0 Å². The lowest BCUT2D eigenvalue weighted by atomic mass is 10.1. The maximum absolute atomic E-state index is 12.2. The molecule has 1 amide bonds. The molecule has 0 bridgehead atoms. The minimum atomic E-state index is 0.218. The molecule has 1 saturated heterocycles. The number of nitrogens with zero attached hydrogens (tertiary/aromatic N) is 2. The maximum Gasteiger partial charge on any atom is 0.236 e. The molecule has 132 valence electrons. The molecule has 0 radical (unpaired) electrons. The summed E-state index contributed by atoms with van der Waals surface area (Å²) >= 11 is 6.10. The van der Waals surface area contributed by atoms with Crippen LogP contribution in [0.5, 0.6) is 5.75 Å². The number of hydrogen-bond acceptors (Lipinski definition) is 4. The molecule has 1 aromatic rings. The Morgan fingerprint density at radius 3 is 2.71 bits per heavy atom. The third kappa shape index (κ3) is 4.85. The lowest BCUT2D eigenvalue weighted by Crippen LogP contribution is -2.50. The number of amides is 1. The summed E-state index contributed by atoms with van der Waals surface area (Å²) in [5, 5.41) is 4.00. The molecule has 0 aromatic heterocycles. The van der Waals surface area contributed by atoms with Gasteiger partial charge in [-0.25, -0.2) is 0 Å². The predicted octanol–water partition coefficient (Wildman–Crippen LogP) is 1.99. The molecule has 1 aliphatic heterocycles. The number of benzene rings is 1. The Kier molecular flexibility index (Phi) is 5.98. The summed E-state index contributed by atoms with van der Waals surface area (Å²) in [5.74, 6) is 1.89. The fourth-order valence-corrected chi connectivity index (χ4v) is 3.28. The molecule has 0 atom stereocenters. The normalized spacial score (nSPS) is 18.7. The first-order chi connectivity index (χ1) is 11.7. The molecule has 1 saturated carbocycles. The van der Waals surface area contributed by atoms with Crippen molar-refractivity contribution >= 4 is 17.5 Å². The maximum atomic E-state index is 12.2. The number of halogens is 1. The van der Waals surface area contributed by atoms with Gasteiger partial charge in [0.1, 0.15) is 5.75 Å². The van der Waals surface area contributed by atoms with Crippen LogP contribution in [0.3, 0.4) is 0 Å². The quantitative estimate of drug-likeness (QED) is 0.816. The van der Waals surface area contributed by atoms with E-state index in [4.69, 9.17) is 16.3 Å². The van der Waals surface area contributed by atoms with Crippen LogP contribution in [0.2, 0.25) is 5.02 Å². The van der Waals surface area contributed by atoms with Crippen LogP contribution in [0, 0.1) is 5.92 Å². The van der Waals surface area contributed by atoms with Gasteiger partial charge in [0.05, 0.1) is 13.7 Å². The van der Waals surface area contributed by atoms with E-state index in [1.807, 2.05) is 23.1 Å². The van der Waals surface area contributed by atoms with Gasteiger partial charge in [-0.15, -0.1) is 0 Å². The van der Waals surface area contributed by atoms with E-state index in [1.54, 1.807) is 7.11 Å². The largest absolute Gasteiger partial charge is 0.496 e. The molecule has 0 unspecified atom stereocenters. The molecule has 5 nitrogen and oxygen atoms in total. The zero-order valence-corrected chi connectivity index (χ0v) is 15.0.